The van der Waals surface area contributed by atoms with Crippen LogP contribution in [0.2, 0.25) is 0 Å². The van der Waals surface area contributed by atoms with Crippen LogP contribution in [0, 0.1) is 0 Å². The molecule has 1 aliphatic rings. The third-order valence-corrected chi connectivity index (χ3v) is 2.34. The predicted molar refractivity (Wildman–Crippen MR) is 54.0 cm³/mol. The quantitative estimate of drug-likeness (QED) is 0.382. The van der Waals surface area contributed by atoms with Crippen molar-refractivity contribution in [2.24, 2.45) is 0 Å². The Kier molecular flexibility index (Phi) is 5.40. The van der Waals surface area contributed by atoms with Gasteiger partial charge in [-0.25, -0.2) is 9.78 Å². The third kappa shape index (κ3) is 3.53. The second kappa shape index (κ2) is 6.35. The number of hydrogen-bond donors (Lipinski definition) is 1. The van der Waals surface area contributed by atoms with Crippen molar-refractivity contribution in [1.29, 1.82) is 0 Å². The Balaban J connectivity index is 2.28. The van der Waals surface area contributed by atoms with Gasteiger partial charge in [0, 0.05) is 13.2 Å². The number of nitrogens with one attached hydrogen (secondary N) is 1. The largest absolute Gasteiger partial charge is 0.371 e. The Labute approximate surface area is 85.8 Å². The number of hydrogen-bond acceptors (Lipinski definition) is 4. The molecule has 0 aromatic carbocycles. The van der Waals surface area contributed by atoms with Crippen molar-refractivity contribution in [3.05, 3.63) is 0 Å². The summed E-state index contributed by atoms with van der Waals surface area (Å²) in [5.74, 6) is 0. The van der Waals surface area contributed by atoms with Crippen LogP contribution in [0.25, 0.3) is 0 Å². The van der Waals surface area contributed by atoms with E-state index in [1.165, 1.54) is 0 Å². The first-order valence-electron chi connectivity index (χ1n) is 5.42. The zero-order chi connectivity index (χ0) is 10.3. The van der Waals surface area contributed by atoms with Gasteiger partial charge in [0.15, 0.2) is 0 Å². The van der Waals surface area contributed by atoms with E-state index in [0.29, 0.717) is 13.2 Å². The van der Waals surface area contributed by atoms with Crippen LogP contribution >= 0.6 is 0 Å². The molecular weight excluding hydrogens is 182 g/mol. The molecule has 0 bridgehead atoms. The van der Waals surface area contributed by atoms with E-state index in [0.717, 1.165) is 32.5 Å². The first kappa shape index (κ1) is 11.9. The normalized spacial score (nSPS) is 27.0. The Bertz CT molecular complexity index is 146. The Morgan fingerprint density at radius 2 is 2.14 bits per heavy atom. The van der Waals surface area contributed by atoms with E-state index < -0.39 is 0 Å². The highest BCUT2D eigenvalue weighted by atomic mass is 17.2. The molecule has 1 fully saturated rings. The fraction of sp³-hybridized carbons (Fsp3) is 1.00. The zero-order valence-corrected chi connectivity index (χ0v) is 9.17. The van der Waals surface area contributed by atoms with E-state index in [4.69, 9.17) is 14.5 Å². The highest BCUT2D eigenvalue weighted by Gasteiger charge is 2.35. The molecule has 1 atom stereocenters. The van der Waals surface area contributed by atoms with Crippen LogP contribution in [0.1, 0.15) is 26.7 Å². The summed E-state index contributed by atoms with van der Waals surface area (Å²) < 4.78 is 5.82. The van der Waals surface area contributed by atoms with Crippen molar-refractivity contribution in [3.63, 3.8) is 0 Å². The summed E-state index contributed by atoms with van der Waals surface area (Å²) in [4.78, 5) is 9.99. The summed E-state index contributed by atoms with van der Waals surface area (Å²) in [5, 5.41) is 3.29. The van der Waals surface area contributed by atoms with Gasteiger partial charge in [0.05, 0.1) is 6.61 Å². The summed E-state index contributed by atoms with van der Waals surface area (Å²) in [7, 11) is 0. The number of rotatable bonds is 7. The van der Waals surface area contributed by atoms with Crippen LogP contribution < -0.4 is 5.32 Å². The molecule has 4 nitrogen and oxygen atoms in total. The lowest BCUT2D eigenvalue weighted by Gasteiger charge is -2.27. The van der Waals surface area contributed by atoms with Gasteiger partial charge in [-0.05, 0) is 26.3 Å². The molecule has 1 aliphatic heterocycles. The first-order chi connectivity index (χ1) is 6.83. The minimum absolute atomic E-state index is 0.162. The second-order valence-corrected chi connectivity index (χ2v) is 3.63. The van der Waals surface area contributed by atoms with Crippen molar-refractivity contribution < 1.29 is 14.5 Å². The molecule has 0 saturated carbocycles. The SMILES string of the molecule is CCCOC1(COOCC)CCNC1. The lowest BCUT2D eigenvalue weighted by Crippen LogP contribution is -2.40. The summed E-state index contributed by atoms with van der Waals surface area (Å²) in [6.45, 7) is 7.77. The van der Waals surface area contributed by atoms with Gasteiger partial charge in [0.25, 0.3) is 0 Å². The Morgan fingerprint density at radius 1 is 1.29 bits per heavy atom. The average molecular weight is 203 g/mol. The van der Waals surface area contributed by atoms with Gasteiger partial charge in [-0.3, -0.25) is 0 Å². The zero-order valence-electron chi connectivity index (χ0n) is 9.17. The van der Waals surface area contributed by atoms with Crippen molar-refractivity contribution in [2.45, 2.75) is 32.3 Å². The molecule has 4 heteroatoms. The van der Waals surface area contributed by atoms with E-state index in [1.54, 1.807) is 0 Å². The van der Waals surface area contributed by atoms with Crippen LogP contribution in [-0.4, -0.2) is 38.5 Å². The molecule has 1 N–H and O–H groups in total. The van der Waals surface area contributed by atoms with E-state index in [1.807, 2.05) is 6.92 Å². The molecule has 0 aromatic heterocycles. The average Bonchev–Trinajstić information content (AvgIpc) is 2.65. The van der Waals surface area contributed by atoms with Gasteiger partial charge in [-0.2, -0.15) is 0 Å². The summed E-state index contributed by atoms with van der Waals surface area (Å²) in [6, 6.07) is 0. The van der Waals surface area contributed by atoms with Crippen molar-refractivity contribution in [2.75, 3.05) is 32.9 Å². The molecule has 1 saturated heterocycles. The van der Waals surface area contributed by atoms with E-state index >= 15 is 0 Å². The van der Waals surface area contributed by atoms with Crippen molar-refractivity contribution in [1.82, 2.24) is 5.32 Å². The maximum absolute atomic E-state index is 5.82. The predicted octanol–water partition coefficient (Wildman–Crippen LogP) is 1.11. The summed E-state index contributed by atoms with van der Waals surface area (Å²) >= 11 is 0. The topological polar surface area (TPSA) is 39.7 Å². The molecule has 0 amide bonds. The molecule has 14 heavy (non-hydrogen) atoms. The molecular formula is C10H21NO3. The van der Waals surface area contributed by atoms with Gasteiger partial charge in [0.1, 0.15) is 12.2 Å². The van der Waals surface area contributed by atoms with Gasteiger partial charge in [-0.15, -0.1) is 0 Å². The second-order valence-electron chi connectivity index (χ2n) is 3.63. The summed E-state index contributed by atoms with van der Waals surface area (Å²) in [5.41, 5.74) is -0.162. The molecule has 0 radical (unpaired) electrons. The lowest BCUT2D eigenvalue weighted by molar-refractivity contribution is -0.315. The highest BCUT2D eigenvalue weighted by Crippen LogP contribution is 2.20. The number of ether oxygens (including phenoxy) is 1. The van der Waals surface area contributed by atoms with Crippen LogP contribution in [0.5, 0.6) is 0 Å². The molecule has 1 heterocycles. The molecule has 0 aromatic rings. The first-order valence-corrected chi connectivity index (χ1v) is 5.42. The van der Waals surface area contributed by atoms with Gasteiger partial charge < -0.3 is 10.1 Å². The Hall–Kier alpha value is -0.160. The molecule has 1 rings (SSSR count). The Morgan fingerprint density at radius 3 is 2.71 bits per heavy atom. The third-order valence-electron chi connectivity index (χ3n) is 2.34. The highest BCUT2D eigenvalue weighted by molar-refractivity contribution is 4.89. The standard InChI is InChI=1S/C10H21NO3/c1-3-7-12-10(5-6-11-8-10)9-14-13-4-2/h11H,3-9H2,1-2H3. The van der Waals surface area contributed by atoms with Crippen LogP contribution in [-0.2, 0) is 14.5 Å². The minimum atomic E-state index is -0.162. The van der Waals surface area contributed by atoms with Crippen molar-refractivity contribution >= 4 is 0 Å². The van der Waals surface area contributed by atoms with Crippen molar-refractivity contribution in [3.8, 4) is 0 Å². The molecule has 84 valence electrons. The minimum Gasteiger partial charge on any atom is -0.371 e. The molecule has 0 spiro atoms. The maximum Gasteiger partial charge on any atom is 0.112 e. The van der Waals surface area contributed by atoms with Gasteiger partial charge in [0.2, 0.25) is 0 Å². The van der Waals surface area contributed by atoms with E-state index in [2.05, 4.69) is 12.2 Å². The van der Waals surface area contributed by atoms with Crippen LogP contribution in [0.4, 0.5) is 0 Å². The van der Waals surface area contributed by atoms with Gasteiger partial charge >= 0.3 is 0 Å². The fourth-order valence-electron chi connectivity index (χ4n) is 1.56. The molecule has 1 unspecified atom stereocenters. The monoisotopic (exact) mass is 203 g/mol. The smallest absolute Gasteiger partial charge is 0.112 e. The van der Waals surface area contributed by atoms with Crippen LogP contribution in [0.3, 0.4) is 0 Å². The maximum atomic E-state index is 5.82. The van der Waals surface area contributed by atoms with Gasteiger partial charge in [-0.1, -0.05) is 6.92 Å². The fourth-order valence-corrected chi connectivity index (χ4v) is 1.56. The lowest BCUT2D eigenvalue weighted by atomic mass is 10.1. The summed E-state index contributed by atoms with van der Waals surface area (Å²) in [6.07, 6.45) is 2.04. The molecule has 0 aliphatic carbocycles. The van der Waals surface area contributed by atoms with E-state index in [-0.39, 0.29) is 5.60 Å². The van der Waals surface area contributed by atoms with E-state index in [9.17, 15) is 0 Å². The van der Waals surface area contributed by atoms with Crippen LogP contribution in [0.15, 0.2) is 0 Å².